The lowest BCUT2D eigenvalue weighted by molar-refractivity contribution is -0.143. The zero-order valence-electron chi connectivity index (χ0n) is 32.3. The number of carbonyl (C=O) groups excluding carboxylic acids is 4. The number of halogens is 5. The molecule has 56 heavy (non-hydrogen) atoms. The van der Waals surface area contributed by atoms with Crippen LogP contribution in [0.1, 0.15) is 92.4 Å². The van der Waals surface area contributed by atoms with Gasteiger partial charge < -0.3 is 34.3 Å². The van der Waals surface area contributed by atoms with E-state index in [1.54, 1.807) is 6.92 Å². The van der Waals surface area contributed by atoms with Crippen molar-refractivity contribution >= 4 is 23.8 Å². The summed E-state index contributed by atoms with van der Waals surface area (Å²) in [6.45, 7) is 9.90. The summed E-state index contributed by atoms with van der Waals surface area (Å²) < 4.78 is 95.0. The van der Waals surface area contributed by atoms with Gasteiger partial charge in [-0.2, -0.15) is 8.78 Å². The summed E-state index contributed by atoms with van der Waals surface area (Å²) in [7, 11) is 0. The molecule has 0 unspecified atom stereocenters. The first-order valence-electron chi connectivity index (χ1n) is 18.9. The Morgan fingerprint density at radius 2 is 1.61 bits per heavy atom. The minimum Gasteiger partial charge on any atom is -0.459 e. The molecule has 1 aromatic rings. The molecule has 11 nitrogen and oxygen atoms in total. The summed E-state index contributed by atoms with van der Waals surface area (Å²) in [6.07, 6.45) is 11.2. The Balaban J connectivity index is 1.14. The molecule has 0 bridgehead atoms. The van der Waals surface area contributed by atoms with E-state index >= 15 is 0 Å². The van der Waals surface area contributed by atoms with Crippen LogP contribution in [0, 0.1) is 35.0 Å². The third kappa shape index (κ3) is 13.2. The molecule has 3 fully saturated rings. The summed E-state index contributed by atoms with van der Waals surface area (Å²) in [4.78, 5) is 48.2. The Bertz CT molecular complexity index is 1650. The predicted octanol–water partition coefficient (Wildman–Crippen LogP) is 6.37. The van der Waals surface area contributed by atoms with Gasteiger partial charge in [0.1, 0.15) is 6.10 Å². The second kappa shape index (κ2) is 20.3. The second-order valence-corrected chi connectivity index (χ2v) is 14.8. The molecule has 0 aromatic heterocycles. The molecule has 8 atom stereocenters. The van der Waals surface area contributed by atoms with Crippen molar-refractivity contribution in [2.24, 2.45) is 5.92 Å². The number of rotatable bonds is 17. The lowest BCUT2D eigenvalue weighted by Gasteiger charge is -2.39. The molecule has 4 rings (SSSR count). The summed E-state index contributed by atoms with van der Waals surface area (Å²) in [5.41, 5.74) is 0.710. The average Bonchev–Trinajstić information content (AvgIpc) is 3.88. The SMILES string of the molecule is CC(=O)O[C@@H](C)/C=C\C(=O)N[C@@H]1C[C@H](C)[C@H](C/C=C(C)/C=C/[C@@H]2C[C@]3(CO3)C[C@@H](CC(=O)NCCCCCC(=O)Oc3c(F)c(F)c(F)c(F)c3F)O2)O[C@@H]1C. The number of benzene rings is 1. The maximum Gasteiger partial charge on any atom is 0.311 e. The third-order valence-corrected chi connectivity index (χ3v) is 9.93. The van der Waals surface area contributed by atoms with E-state index in [9.17, 15) is 41.1 Å². The minimum absolute atomic E-state index is 0.0292. The number of unbranched alkanes of at least 4 members (excludes halogenated alkanes) is 2. The Morgan fingerprint density at radius 1 is 0.929 bits per heavy atom. The van der Waals surface area contributed by atoms with Gasteiger partial charge in [-0.25, -0.2) is 13.2 Å². The molecule has 3 heterocycles. The van der Waals surface area contributed by atoms with Gasteiger partial charge in [-0.3, -0.25) is 19.2 Å². The summed E-state index contributed by atoms with van der Waals surface area (Å²) >= 11 is 0. The van der Waals surface area contributed by atoms with Crippen molar-refractivity contribution in [3.63, 3.8) is 0 Å². The zero-order chi connectivity index (χ0) is 41.2. The second-order valence-electron chi connectivity index (χ2n) is 14.8. The van der Waals surface area contributed by atoms with Gasteiger partial charge in [0.05, 0.1) is 49.1 Å². The highest BCUT2D eigenvalue weighted by Gasteiger charge is 2.51. The number of hydrogen-bond donors (Lipinski definition) is 2. The lowest BCUT2D eigenvalue weighted by Crippen LogP contribution is -2.50. The van der Waals surface area contributed by atoms with Gasteiger partial charge in [0.25, 0.3) is 0 Å². The number of epoxide rings is 1. The van der Waals surface area contributed by atoms with Crippen molar-refractivity contribution < 1.29 is 64.8 Å². The lowest BCUT2D eigenvalue weighted by atomic mass is 9.88. The van der Waals surface area contributed by atoms with Crippen molar-refractivity contribution in [3.8, 4) is 5.75 Å². The topological polar surface area (TPSA) is 142 Å². The standard InChI is InChI=1S/C40H51F5N2O9/c1-22(11-14-30-23(2)17-29(25(4)54-30)47-31(49)15-12-24(3)53-26(5)48)10-13-27-19-40(21-52-40)20-28(55-27)18-32(50)46-16-8-6-7-9-33(51)56-39-37(44)35(42)34(41)36(43)38(39)45/h10-13,15,23-25,27-30H,6-9,14,16-21H2,1-5H3,(H,46,50)(H,47,49)/b13-10+,15-12-,22-11+/t23-,24-,25+,27+,28+,29+,30-,40+/m0/s1. The normalized spacial score (nSPS) is 27.0. The van der Waals surface area contributed by atoms with Crippen LogP contribution in [0.3, 0.4) is 0 Å². The van der Waals surface area contributed by atoms with Crippen LogP contribution in [0.2, 0.25) is 0 Å². The van der Waals surface area contributed by atoms with Gasteiger partial charge in [0.15, 0.2) is 0 Å². The average molecular weight is 799 g/mol. The van der Waals surface area contributed by atoms with Gasteiger partial charge in [-0.1, -0.05) is 37.1 Å². The predicted molar refractivity (Wildman–Crippen MR) is 192 cm³/mol. The van der Waals surface area contributed by atoms with Crippen molar-refractivity contribution in [3.05, 3.63) is 65.0 Å². The fourth-order valence-electron chi connectivity index (χ4n) is 6.79. The fraction of sp³-hybridized carbons (Fsp3) is 0.600. The highest BCUT2D eigenvalue weighted by Crippen LogP contribution is 2.43. The van der Waals surface area contributed by atoms with Gasteiger partial charge in [0.2, 0.25) is 46.6 Å². The molecule has 1 spiro atoms. The van der Waals surface area contributed by atoms with Crippen LogP contribution in [-0.4, -0.2) is 79.1 Å². The molecule has 3 aliphatic rings. The van der Waals surface area contributed by atoms with E-state index in [1.165, 1.54) is 19.1 Å². The first-order valence-corrected chi connectivity index (χ1v) is 18.9. The molecule has 0 saturated carbocycles. The first-order chi connectivity index (χ1) is 26.5. The molecule has 0 aliphatic carbocycles. The Labute approximate surface area is 323 Å². The summed E-state index contributed by atoms with van der Waals surface area (Å²) in [5, 5.41) is 5.80. The smallest absolute Gasteiger partial charge is 0.311 e. The van der Waals surface area contributed by atoms with E-state index in [0.717, 1.165) is 12.0 Å². The van der Waals surface area contributed by atoms with Gasteiger partial charge >= 0.3 is 11.9 Å². The van der Waals surface area contributed by atoms with Crippen molar-refractivity contribution in [2.45, 2.75) is 135 Å². The monoisotopic (exact) mass is 798 g/mol. The van der Waals surface area contributed by atoms with E-state index < -0.39 is 52.9 Å². The van der Waals surface area contributed by atoms with Gasteiger partial charge in [-0.15, -0.1) is 0 Å². The molecule has 16 heteroatoms. The molecular formula is C40H51F5N2O9. The summed E-state index contributed by atoms with van der Waals surface area (Å²) in [5.74, 6) is -14.7. The number of carbonyl (C=O) groups is 4. The van der Waals surface area contributed by atoms with Gasteiger partial charge in [0, 0.05) is 38.8 Å². The van der Waals surface area contributed by atoms with Crippen LogP contribution < -0.4 is 15.4 Å². The van der Waals surface area contributed by atoms with E-state index in [-0.39, 0.29) is 73.1 Å². The number of esters is 2. The van der Waals surface area contributed by atoms with Crippen molar-refractivity contribution in [2.75, 3.05) is 13.2 Å². The molecule has 310 valence electrons. The van der Waals surface area contributed by atoms with Gasteiger partial charge in [-0.05, 0) is 58.4 Å². The maximum absolute atomic E-state index is 13.7. The van der Waals surface area contributed by atoms with Crippen LogP contribution in [0.5, 0.6) is 5.75 Å². The Kier molecular flexibility index (Phi) is 16.2. The highest BCUT2D eigenvalue weighted by atomic mass is 19.2. The number of hydrogen-bond acceptors (Lipinski definition) is 9. The Morgan fingerprint density at radius 3 is 2.27 bits per heavy atom. The van der Waals surface area contributed by atoms with Crippen LogP contribution in [-0.2, 0) is 38.1 Å². The zero-order valence-corrected chi connectivity index (χ0v) is 32.3. The van der Waals surface area contributed by atoms with E-state index in [0.29, 0.717) is 45.3 Å². The van der Waals surface area contributed by atoms with Crippen LogP contribution in [0.4, 0.5) is 22.0 Å². The molecule has 0 radical (unpaired) electrons. The number of allylic oxidation sites excluding steroid dienone is 2. The first kappa shape index (κ1) is 44.6. The van der Waals surface area contributed by atoms with E-state index in [1.807, 2.05) is 26.0 Å². The van der Waals surface area contributed by atoms with E-state index in [2.05, 4.69) is 28.4 Å². The molecular weight excluding hydrogens is 747 g/mol. The Hall–Kier alpha value is -4.15. The quantitative estimate of drug-likeness (QED) is 0.0212. The van der Waals surface area contributed by atoms with Crippen LogP contribution >= 0.6 is 0 Å². The summed E-state index contributed by atoms with van der Waals surface area (Å²) in [6, 6.07) is -0.158. The van der Waals surface area contributed by atoms with Crippen LogP contribution in [0.15, 0.2) is 36.0 Å². The maximum atomic E-state index is 13.7. The number of ether oxygens (including phenoxy) is 5. The molecule has 3 saturated heterocycles. The van der Waals surface area contributed by atoms with E-state index in [4.69, 9.17) is 18.9 Å². The van der Waals surface area contributed by atoms with Crippen LogP contribution in [0.25, 0.3) is 0 Å². The number of amides is 2. The molecule has 2 N–H and O–H groups in total. The number of nitrogens with one attached hydrogen (secondary N) is 2. The largest absolute Gasteiger partial charge is 0.459 e. The third-order valence-electron chi connectivity index (χ3n) is 9.93. The fourth-order valence-corrected chi connectivity index (χ4v) is 6.79. The molecule has 1 aromatic carbocycles. The van der Waals surface area contributed by atoms with Crippen molar-refractivity contribution in [1.82, 2.24) is 10.6 Å². The van der Waals surface area contributed by atoms with Crippen molar-refractivity contribution in [1.29, 1.82) is 0 Å². The molecule has 3 aliphatic heterocycles. The highest BCUT2D eigenvalue weighted by molar-refractivity contribution is 5.87. The molecule has 2 amide bonds. The minimum atomic E-state index is -2.35.